The Kier molecular flexibility index (Phi) is 2.49. The van der Waals surface area contributed by atoms with E-state index in [9.17, 15) is 4.79 Å². The molecule has 1 amide bonds. The number of rotatable bonds is 3. The minimum Gasteiger partial charge on any atom is -0.369 e. The smallest absolute Gasteiger partial charge is 0.224 e. The maximum atomic E-state index is 11.3. The Morgan fingerprint density at radius 2 is 2.24 bits per heavy atom. The van der Waals surface area contributed by atoms with Gasteiger partial charge in [-0.25, -0.2) is 4.98 Å². The Morgan fingerprint density at radius 3 is 2.88 bits per heavy atom. The van der Waals surface area contributed by atoms with Gasteiger partial charge < -0.3 is 16.0 Å². The molecule has 0 fully saturated rings. The van der Waals surface area contributed by atoms with E-state index in [-0.39, 0.29) is 5.91 Å². The summed E-state index contributed by atoms with van der Waals surface area (Å²) in [6.07, 6.45) is 3.30. The summed E-state index contributed by atoms with van der Waals surface area (Å²) in [7, 11) is 0. The molecule has 2 aromatic heterocycles. The van der Waals surface area contributed by atoms with E-state index in [1.54, 1.807) is 30.8 Å². The van der Waals surface area contributed by atoms with E-state index in [1.807, 2.05) is 6.07 Å². The van der Waals surface area contributed by atoms with E-state index in [0.717, 1.165) is 5.52 Å². The lowest BCUT2D eigenvalue weighted by atomic mass is 9.92. The zero-order valence-corrected chi connectivity index (χ0v) is 9.84. The molecule has 2 rings (SSSR count). The van der Waals surface area contributed by atoms with Crippen LogP contribution in [0.25, 0.3) is 11.0 Å². The van der Waals surface area contributed by atoms with E-state index in [1.165, 1.54) is 0 Å². The summed E-state index contributed by atoms with van der Waals surface area (Å²) >= 11 is 0. The molecule has 0 aliphatic heterocycles. The number of hydrogen-bond acceptors (Lipinski definition) is 4. The first-order valence-electron chi connectivity index (χ1n) is 5.27. The molecular formula is C11H15N5O. The highest BCUT2D eigenvalue weighted by atomic mass is 16.1. The van der Waals surface area contributed by atoms with Crippen molar-refractivity contribution in [1.82, 2.24) is 14.5 Å². The Balaban J connectivity index is 2.49. The van der Waals surface area contributed by atoms with Crippen molar-refractivity contribution in [3.05, 3.63) is 18.5 Å². The average Bonchev–Trinajstić information content (AvgIpc) is 2.55. The monoisotopic (exact) mass is 233 g/mol. The Hall–Kier alpha value is -2.11. The number of pyridine rings is 1. The summed E-state index contributed by atoms with van der Waals surface area (Å²) in [6.45, 7) is 3.96. The first-order valence-corrected chi connectivity index (χ1v) is 5.27. The minimum atomic E-state index is -0.676. The Labute approximate surface area is 98.6 Å². The van der Waals surface area contributed by atoms with Crippen molar-refractivity contribution in [2.24, 2.45) is 11.1 Å². The van der Waals surface area contributed by atoms with Crippen LogP contribution in [0.3, 0.4) is 0 Å². The molecule has 0 saturated heterocycles. The van der Waals surface area contributed by atoms with E-state index in [2.05, 4.69) is 9.97 Å². The Bertz CT molecular complexity index is 572. The lowest BCUT2D eigenvalue weighted by Crippen LogP contribution is -2.35. The summed E-state index contributed by atoms with van der Waals surface area (Å²) in [5.41, 5.74) is 12.1. The number of nitrogen functional groups attached to an aromatic ring is 1. The molecule has 0 aromatic carbocycles. The number of carbonyl (C=O) groups excluding carboxylic acids is 1. The van der Waals surface area contributed by atoms with E-state index < -0.39 is 5.41 Å². The van der Waals surface area contributed by atoms with Gasteiger partial charge in [-0.3, -0.25) is 9.78 Å². The molecule has 0 spiro atoms. The fourth-order valence-corrected chi connectivity index (χ4v) is 1.64. The third-order valence-electron chi connectivity index (χ3n) is 2.80. The second-order valence-electron chi connectivity index (χ2n) is 4.67. The highest BCUT2D eigenvalue weighted by molar-refractivity contribution is 5.81. The summed E-state index contributed by atoms with van der Waals surface area (Å²) in [5, 5.41) is 0. The van der Waals surface area contributed by atoms with Crippen LogP contribution in [-0.4, -0.2) is 20.4 Å². The fourth-order valence-electron chi connectivity index (χ4n) is 1.64. The van der Waals surface area contributed by atoms with Crippen molar-refractivity contribution < 1.29 is 4.79 Å². The molecule has 0 aliphatic rings. The minimum absolute atomic E-state index is 0.363. The first-order chi connectivity index (χ1) is 7.92. The average molecular weight is 233 g/mol. The molecule has 90 valence electrons. The molecule has 2 heterocycles. The van der Waals surface area contributed by atoms with Crippen LogP contribution < -0.4 is 11.5 Å². The van der Waals surface area contributed by atoms with Gasteiger partial charge in [-0.05, 0) is 19.9 Å². The van der Waals surface area contributed by atoms with Gasteiger partial charge >= 0.3 is 0 Å². The topological polar surface area (TPSA) is 99.8 Å². The van der Waals surface area contributed by atoms with Crippen molar-refractivity contribution in [2.75, 3.05) is 5.73 Å². The summed E-state index contributed by atoms with van der Waals surface area (Å²) in [4.78, 5) is 19.5. The molecular weight excluding hydrogens is 218 g/mol. The SMILES string of the molecule is CC(C)(Cn1c(N)nc2cnccc21)C(N)=O. The van der Waals surface area contributed by atoms with Crippen LogP contribution in [0.4, 0.5) is 5.95 Å². The molecule has 2 aromatic rings. The maximum Gasteiger partial charge on any atom is 0.224 e. The van der Waals surface area contributed by atoms with E-state index in [4.69, 9.17) is 11.5 Å². The molecule has 0 saturated carbocycles. The molecule has 17 heavy (non-hydrogen) atoms. The zero-order valence-electron chi connectivity index (χ0n) is 9.84. The predicted molar refractivity (Wildman–Crippen MR) is 64.9 cm³/mol. The number of fused-ring (bicyclic) bond motifs is 1. The van der Waals surface area contributed by atoms with Crippen molar-refractivity contribution in [3.63, 3.8) is 0 Å². The first kappa shape index (κ1) is 11.4. The van der Waals surface area contributed by atoms with Gasteiger partial charge in [0.25, 0.3) is 0 Å². The van der Waals surface area contributed by atoms with Gasteiger partial charge in [0.2, 0.25) is 11.9 Å². The van der Waals surface area contributed by atoms with Crippen molar-refractivity contribution >= 4 is 22.9 Å². The molecule has 6 heteroatoms. The summed E-state index contributed by atoms with van der Waals surface area (Å²) in [6, 6.07) is 1.82. The fraction of sp³-hybridized carbons (Fsp3) is 0.364. The van der Waals surface area contributed by atoms with Crippen molar-refractivity contribution in [3.8, 4) is 0 Å². The van der Waals surface area contributed by atoms with E-state index in [0.29, 0.717) is 18.0 Å². The second-order valence-corrected chi connectivity index (χ2v) is 4.67. The number of nitrogens with two attached hydrogens (primary N) is 2. The van der Waals surface area contributed by atoms with Gasteiger partial charge in [0, 0.05) is 12.7 Å². The molecule has 0 radical (unpaired) electrons. The van der Waals surface area contributed by atoms with Gasteiger partial charge in [0.1, 0.15) is 5.52 Å². The second kappa shape index (κ2) is 3.73. The number of anilines is 1. The van der Waals surface area contributed by atoms with Crippen LogP contribution in [0.1, 0.15) is 13.8 Å². The van der Waals surface area contributed by atoms with Crippen LogP contribution >= 0.6 is 0 Å². The number of carbonyl (C=O) groups is 1. The molecule has 0 bridgehead atoms. The lowest BCUT2D eigenvalue weighted by Gasteiger charge is -2.21. The number of hydrogen-bond donors (Lipinski definition) is 2. The van der Waals surface area contributed by atoms with Gasteiger partial charge in [0.05, 0.1) is 17.1 Å². The largest absolute Gasteiger partial charge is 0.369 e. The molecule has 6 nitrogen and oxygen atoms in total. The molecule has 0 unspecified atom stereocenters. The van der Waals surface area contributed by atoms with Gasteiger partial charge in [-0.1, -0.05) is 0 Å². The van der Waals surface area contributed by atoms with Crippen molar-refractivity contribution in [2.45, 2.75) is 20.4 Å². The summed E-state index contributed by atoms with van der Waals surface area (Å²) < 4.78 is 1.78. The zero-order chi connectivity index (χ0) is 12.6. The quantitative estimate of drug-likeness (QED) is 0.807. The standard InChI is InChI=1S/C11H15N5O/c1-11(2,9(12)17)6-16-8-3-4-14-5-7(8)15-10(16)13/h3-5H,6H2,1-2H3,(H2,12,17)(H2,13,15). The van der Waals surface area contributed by atoms with Crippen LogP contribution in [0, 0.1) is 5.41 Å². The lowest BCUT2D eigenvalue weighted by molar-refractivity contribution is -0.126. The normalized spacial score (nSPS) is 11.9. The third-order valence-corrected chi connectivity index (χ3v) is 2.80. The number of amides is 1. The highest BCUT2D eigenvalue weighted by Gasteiger charge is 2.27. The van der Waals surface area contributed by atoms with Crippen LogP contribution in [0.2, 0.25) is 0 Å². The van der Waals surface area contributed by atoms with Crippen LogP contribution in [-0.2, 0) is 11.3 Å². The molecule has 4 N–H and O–H groups in total. The highest BCUT2D eigenvalue weighted by Crippen LogP contribution is 2.23. The molecule has 0 atom stereocenters. The van der Waals surface area contributed by atoms with Gasteiger partial charge in [0.15, 0.2) is 0 Å². The Morgan fingerprint density at radius 1 is 1.53 bits per heavy atom. The molecule has 0 aliphatic carbocycles. The number of primary amides is 1. The third kappa shape index (κ3) is 1.93. The predicted octanol–water partition coefficient (Wildman–Crippen LogP) is 0.525. The van der Waals surface area contributed by atoms with Crippen molar-refractivity contribution in [1.29, 1.82) is 0 Å². The van der Waals surface area contributed by atoms with E-state index >= 15 is 0 Å². The van der Waals surface area contributed by atoms with Crippen LogP contribution in [0.5, 0.6) is 0 Å². The van der Waals surface area contributed by atoms with Crippen LogP contribution in [0.15, 0.2) is 18.5 Å². The number of imidazole rings is 1. The van der Waals surface area contributed by atoms with Gasteiger partial charge in [-0.15, -0.1) is 0 Å². The van der Waals surface area contributed by atoms with Gasteiger partial charge in [-0.2, -0.15) is 0 Å². The summed E-state index contributed by atoms with van der Waals surface area (Å²) in [5.74, 6) is -0.00451. The number of aromatic nitrogens is 3. The maximum absolute atomic E-state index is 11.3. The number of nitrogens with zero attached hydrogens (tertiary/aromatic N) is 3.